The van der Waals surface area contributed by atoms with Crippen molar-refractivity contribution >= 4 is 17.6 Å². The van der Waals surface area contributed by atoms with E-state index >= 15 is 0 Å². The van der Waals surface area contributed by atoms with Crippen molar-refractivity contribution in [2.45, 2.75) is 6.92 Å². The summed E-state index contributed by atoms with van der Waals surface area (Å²) in [5.74, 6) is -1.36. The maximum Gasteiger partial charge on any atom is 0.339 e. The van der Waals surface area contributed by atoms with Gasteiger partial charge >= 0.3 is 5.97 Å². The number of carboxylic acids is 1. The molecule has 0 atom stereocenters. The van der Waals surface area contributed by atoms with E-state index in [4.69, 9.17) is 15.6 Å². The van der Waals surface area contributed by atoms with Gasteiger partial charge in [0, 0.05) is 18.3 Å². The second-order valence-electron chi connectivity index (χ2n) is 3.30. The number of likely N-dealkylation sites (N-methyl/N-ethyl adjacent to an activating group) is 1. The minimum Gasteiger partial charge on any atom is -0.483 e. The Morgan fingerprint density at radius 3 is 2.76 bits per heavy atom. The minimum atomic E-state index is -1.13. The van der Waals surface area contributed by atoms with Crippen LogP contribution >= 0.6 is 0 Å². The highest BCUT2D eigenvalue weighted by Gasteiger charge is 2.12. The third kappa shape index (κ3) is 3.67. The van der Waals surface area contributed by atoms with E-state index in [0.29, 0.717) is 12.2 Å². The number of carboxylic acid groups (broad SMARTS) is 1. The molecule has 0 heterocycles. The summed E-state index contributed by atoms with van der Waals surface area (Å²) in [5.41, 5.74) is 5.87. The zero-order valence-electron chi connectivity index (χ0n) is 9.40. The van der Waals surface area contributed by atoms with Crippen LogP contribution in [0.2, 0.25) is 0 Å². The summed E-state index contributed by atoms with van der Waals surface area (Å²) < 4.78 is 5.12. The third-order valence-corrected chi connectivity index (χ3v) is 1.97. The Kier molecular flexibility index (Phi) is 4.33. The van der Waals surface area contributed by atoms with E-state index in [1.165, 1.54) is 18.2 Å². The van der Waals surface area contributed by atoms with Crippen molar-refractivity contribution in [1.82, 2.24) is 5.32 Å². The molecule has 0 fully saturated rings. The average Bonchev–Trinajstić information content (AvgIpc) is 2.26. The van der Waals surface area contributed by atoms with Gasteiger partial charge in [0.15, 0.2) is 6.61 Å². The number of anilines is 1. The fraction of sp³-hybridized carbons (Fsp3) is 0.273. The highest BCUT2D eigenvalue weighted by Crippen LogP contribution is 2.21. The predicted molar refractivity (Wildman–Crippen MR) is 62.0 cm³/mol. The largest absolute Gasteiger partial charge is 0.483 e. The SMILES string of the molecule is CCNC(=O)COc1cc(N)ccc1C(=O)O. The topological polar surface area (TPSA) is 102 Å². The molecule has 0 radical (unpaired) electrons. The van der Waals surface area contributed by atoms with Crippen molar-refractivity contribution in [3.05, 3.63) is 23.8 Å². The van der Waals surface area contributed by atoms with Crippen molar-refractivity contribution in [3.8, 4) is 5.75 Å². The molecule has 17 heavy (non-hydrogen) atoms. The molecule has 6 nitrogen and oxygen atoms in total. The first-order valence-corrected chi connectivity index (χ1v) is 5.07. The predicted octanol–water partition coefficient (Wildman–Crippen LogP) is 0.482. The number of ether oxygens (including phenoxy) is 1. The number of carbonyl (C=O) groups excluding carboxylic acids is 1. The van der Waals surface area contributed by atoms with E-state index in [1.54, 1.807) is 6.92 Å². The van der Waals surface area contributed by atoms with E-state index in [1.807, 2.05) is 0 Å². The Hall–Kier alpha value is -2.24. The Morgan fingerprint density at radius 1 is 1.47 bits per heavy atom. The third-order valence-electron chi connectivity index (χ3n) is 1.97. The minimum absolute atomic E-state index is 0.0245. The summed E-state index contributed by atoms with van der Waals surface area (Å²) in [6.45, 7) is 2.03. The molecule has 0 aromatic heterocycles. The van der Waals surface area contributed by atoms with Crippen molar-refractivity contribution in [1.29, 1.82) is 0 Å². The Balaban J connectivity index is 2.78. The normalized spacial score (nSPS) is 9.71. The second-order valence-corrected chi connectivity index (χ2v) is 3.30. The molecule has 92 valence electrons. The van der Waals surface area contributed by atoms with Gasteiger partial charge in [-0.25, -0.2) is 4.79 Å². The van der Waals surface area contributed by atoms with Crippen LogP contribution in [0.15, 0.2) is 18.2 Å². The fourth-order valence-electron chi connectivity index (χ4n) is 1.23. The van der Waals surface area contributed by atoms with Gasteiger partial charge in [-0.1, -0.05) is 0 Å². The first-order valence-electron chi connectivity index (χ1n) is 5.07. The van der Waals surface area contributed by atoms with E-state index < -0.39 is 5.97 Å². The number of nitrogens with one attached hydrogen (secondary N) is 1. The smallest absolute Gasteiger partial charge is 0.339 e. The molecular formula is C11H14N2O4. The monoisotopic (exact) mass is 238 g/mol. The molecule has 1 amide bonds. The summed E-state index contributed by atoms with van der Waals surface area (Å²) in [4.78, 5) is 22.0. The molecule has 0 bridgehead atoms. The molecule has 0 unspecified atom stereocenters. The fourth-order valence-corrected chi connectivity index (χ4v) is 1.23. The summed E-state index contributed by atoms with van der Waals surface area (Å²) in [6, 6.07) is 4.18. The summed E-state index contributed by atoms with van der Waals surface area (Å²) in [6.07, 6.45) is 0. The Labute approximate surface area is 98.4 Å². The lowest BCUT2D eigenvalue weighted by atomic mass is 10.2. The van der Waals surface area contributed by atoms with Gasteiger partial charge in [-0.2, -0.15) is 0 Å². The molecule has 1 aromatic carbocycles. The number of aromatic carboxylic acids is 1. The zero-order chi connectivity index (χ0) is 12.8. The Morgan fingerprint density at radius 2 is 2.18 bits per heavy atom. The number of amides is 1. The molecule has 0 spiro atoms. The van der Waals surface area contributed by atoms with Crippen LogP contribution in [0.3, 0.4) is 0 Å². The molecule has 6 heteroatoms. The van der Waals surface area contributed by atoms with Crippen LogP contribution in [0.25, 0.3) is 0 Å². The maximum absolute atomic E-state index is 11.2. The van der Waals surface area contributed by atoms with Gasteiger partial charge in [0.25, 0.3) is 5.91 Å². The lowest BCUT2D eigenvalue weighted by Crippen LogP contribution is -2.28. The number of hydrogen-bond donors (Lipinski definition) is 3. The molecule has 0 aliphatic heterocycles. The molecule has 0 saturated heterocycles. The first kappa shape index (κ1) is 12.8. The van der Waals surface area contributed by atoms with Gasteiger partial charge < -0.3 is 20.9 Å². The average molecular weight is 238 g/mol. The van der Waals surface area contributed by atoms with Gasteiger partial charge in [0.05, 0.1) is 0 Å². The van der Waals surface area contributed by atoms with Gasteiger partial charge in [-0.15, -0.1) is 0 Å². The van der Waals surface area contributed by atoms with Crippen molar-refractivity contribution in [2.75, 3.05) is 18.9 Å². The van der Waals surface area contributed by atoms with Crippen LogP contribution in [0.4, 0.5) is 5.69 Å². The first-order chi connectivity index (χ1) is 8.04. The molecule has 0 aliphatic carbocycles. The highest BCUT2D eigenvalue weighted by molar-refractivity contribution is 5.91. The molecule has 1 rings (SSSR count). The molecular weight excluding hydrogens is 224 g/mol. The van der Waals surface area contributed by atoms with Crippen LogP contribution in [0.1, 0.15) is 17.3 Å². The van der Waals surface area contributed by atoms with E-state index in [-0.39, 0.29) is 23.8 Å². The second kappa shape index (κ2) is 5.74. The summed E-state index contributed by atoms with van der Waals surface area (Å²) >= 11 is 0. The maximum atomic E-state index is 11.2. The molecule has 0 aliphatic rings. The van der Waals surface area contributed by atoms with Gasteiger partial charge in [0.1, 0.15) is 11.3 Å². The van der Waals surface area contributed by atoms with Gasteiger partial charge in [-0.3, -0.25) is 4.79 Å². The molecule has 0 saturated carbocycles. The van der Waals surface area contributed by atoms with E-state index in [0.717, 1.165) is 0 Å². The zero-order valence-corrected chi connectivity index (χ0v) is 9.40. The number of hydrogen-bond acceptors (Lipinski definition) is 4. The van der Waals surface area contributed by atoms with Crippen LogP contribution in [0.5, 0.6) is 5.75 Å². The number of nitrogens with two attached hydrogens (primary N) is 1. The number of carbonyl (C=O) groups is 2. The van der Waals surface area contributed by atoms with Gasteiger partial charge in [-0.05, 0) is 19.1 Å². The lowest BCUT2D eigenvalue weighted by Gasteiger charge is -2.09. The number of nitrogen functional groups attached to an aromatic ring is 1. The highest BCUT2D eigenvalue weighted by atomic mass is 16.5. The van der Waals surface area contributed by atoms with E-state index in [9.17, 15) is 9.59 Å². The standard InChI is InChI=1S/C11H14N2O4/c1-2-13-10(14)6-17-9-5-7(12)3-4-8(9)11(15)16/h3-5H,2,6,12H2,1H3,(H,13,14)(H,15,16). The van der Waals surface area contributed by atoms with Crippen LogP contribution in [-0.2, 0) is 4.79 Å². The van der Waals surface area contributed by atoms with Crippen LogP contribution < -0.4 is 15.8 Å². The number of benzene rings is 1. The van der Waals surface area contributed by atoms with Crippen molar-refractivity contribution in [2.24, 2.45) is 0 Å². The number of rotatable bonds is 5. The van der Waals surface area contributed by atoms with Crippen molar-refractivity contribution < 1.29 is 19.4 Å². The van der Waals surface area contributed by atoms with Gasteiger partial charge in [0.2, 0.25) is 0 Å². The Bertz CT molecular complexity index is 431. The summed E-state index contributed by atoms with van der Waals surface area (Å²) in [5, 5.41) is 11.4. The lowest BCUT2D eigenvalue weighted by molar-refractivity contribution is -0.123. The summed E-state index contributed by atoms with van der Waals surface area (Å²) in [7, 11) is 0. The van der Waals surface area contributed by atoms with Crippen LogP contribution in [0, 0.1) is 0 Å². The van der Waals surface area contributed by atoms with E-state index in [2.05, 4.69) is 5.32 Å². The van der Waals surface area contributed by atoms with Crippen molar-refractivity contribution in [3.63, 3.8) is 0 Å². The molecule has 1 aromatic rings. The quantitative estimate of drug-likeness (QED) is 0.648. The molecule has 4 N–H and O–H groups in total. The van der Waals surface area contributed by atoms with Crippen LogP contribution in [-0.4, -0.2) is 30.1 Å².